The van der Waals surface area contributed by atoms with Crippen LogP contribution < -0.4 is 10.6 Å². The Morgan fingerprint density at radius 2 is 2.32 bits per heavy atom. The molecule has 19 heavy (non-hydrogen) atoms. The van der Waals surface area contributed by atoms with E-state index in [0.717, 1.165) is 18.4 Å². The summed E-state index contributed by atoms with van der Waals surface area (Å²) in [5.74, 6) is 0. The summed E-state index contributed by atoms with van der Waals surface area (Å²) >= 11 is 0. The number of nitrogens with zero attached hydrogens (tertiary/aromatic N) is 1. The van der Waals surface area contributed by atoms with Gasteiger partial charge < -0.3 is 15.7 Å². The molecule has 1 aromatic rings. The Kier molecular flexibility index (Phi) is 6.29. The Bertz CT molecular complexity index is 384. The topological polar surface area (TPSA) is 74.2 Å². The number of nitrogens with one attached hydrogen (secondary N) is 2. The monoisotopic (exact) mass is 265 g/mol. The molecule has 5 nitrogen and oxygen atoms in total. The molecule has 0 spiro atoms. The van der Waals surface area contributed by atoms with Crippen molar-refractivity contribution in [2.24, 2.45) is 0 Å². The van der Waals surface area contributed by atoms with Gasteiger partial charge in [-0.1, -0.05) is 13.0 Å². The van der Waals surface area contributed by atoms with Crippen molar-refractivity contribution >= 4 is 6.03 Å². The van der Waals surface area contributed by atoms with Gasteiger partial charge in [-0.2, -0.15) is 0 Å². The number of amides is 2. The van der Waals surface area contributed by atoms with Gasteiger partial charge in [-0.05, 0) is 37.8 Å². The first-order valence-electron chi connectivity index (χ1n) is 6.65. The van der Waals surface area contributed by atoms with Crippen molar-refractivity contribution in [2.45, 2.75) is 38.6 Å². The summed E-state index contributed by atoms with van der Waals surface area (Å²) < 4.78 is 0. The molecule has 106 valence electrons. The predicted molar refractivity (Wildman–Crippen MR) is 74.9 cm³/mol. The van der Waals surface area contributed by atoms with E-state index in [-0.39, 0.29) is 18.2 Å². The second-order valence-corrected chi connectivity index (χ2v) is 4.88. The van der Waals surface area contributed by atoms with Crippen LogP contribution in [0.2, 0.25) is 0 Å². The van der Waals surface area contributed by atoms with Crippen LogP contribution >= 0.6 is 0 Å². The van der Waals surface area contributed by atoms with Gasteiger partial charge in [-0.3, -0.25) is 4.98 Å². The number of aliphatic hydroxyl groups excluding tert-OH is 1. The molecule has 0 bridgehead atoms. The van der Waals surface area contributed by atoms with Crippen LogP contribution in [-0.2, 0) is 6.42 Å². The van der Waals surface area contributed by atoms with Crippen molar-refractivity contribution in [3.05, 3.63) is 30.1 Å². The summed E-state index contributed by atoms with van der Waals surface area (Å²) in [6.45, 7) is 4.56. The minimum absolute atomic E-state index is 0.0697. The lowest BCUT2D eigenvalue weighted by atomic mass is 9.95. The maximum absolute atomic E-state index is 11.8. The number of rotatable bonds is 7. The SMILES string of the molecule is CCC(C)(CCO)NC(=O)NCCc1cccnc1. The molecule has 5 heteroatoms. The quantitative estimate of drug-likeness (QED) is 0.699. The molecule has 0 saturated heterocycles. The highest BCUT2D eigenvalue weighted by molar-refractivity contribution is 5.74. The van der Waals surface area contributed by atoms with E-state index < -0.39 is 0 Å². The summed E-state index contributed by atoms with van der Waals surface area (Å²) in [7, 11) is 0. The Morgan fingerprint density at radius 1 is 1.53 bits per heavy atom. The minimum atomic E-state index is -0.354. The van der Waals surface area contributed by atoms with E-state index in [1.54, 1.807) is 12.4 Å². The maximum Gasteiger partial charge on any atom is 0.315 e. The first kappa shape index (κ1) is 15.4. The molecule has 1 atom stereocenters. The number of aromatic nitrogens is 1. The second kappa shape index (κ2) is 7.74. The van der Waals surface area contributed by atoms with Crippen molar-refractivity contribution in [1.82, 2.24) is 15.6 Å². The maximum atomic E-state index is 11.8. The lowest BCUT2D eigenvalue weighted by molar-refractivity contribution is 0.201. The first-order chi connectivity index (χ1) is 9.09. The molecule has 1 unspecified atom stereocenters. The number of carbonyl (C=O) groups is 1. The number of pyridine rings is 1. The van der Waals surface area contributed by atoms with Gasteiger partial charge in [0.25, 0.3) is 0 Å². The summed E-state index contributed by atoms with van der Waals surface area (Å²) in [6.07, 6.45) is 5.61. The number of hydrogen-bond acceptors (Lipinski definition) is 3. The molecule has 1 rings (SSSR count). The fourth-order valence-electron chi connectivity index (χ4n) is 1.76. The molecule has 2 amide bonds. The van der Waals surface area contributed by atoms with E-state index in [4.69, 9.17) is 5.11 Å². The average molecular weight is 265 g/mol. The first-order valence-corrected chi connectivity index (χ1v) is 6.65. The summed E-state index contributed by atoms with van der Waals surface area (Å²) in [5.41, 5.74) is 0.740. The molecule has 0 aliphatic rings. The molecule has 0 aliphatic carbocycles. The van der Waals surface area contributed by atoms with E-state index in [9.17, 15) is 4.79 Å². The molecule has 0 radical (unpaired) electrons. The van der Waals surface area contributed by atoms with E-state index in [1.165, 1.54) is 0 Å². The van der Waals surface area contributed by atoms with Crippen LogP contribution in [0.1, 0.15) is 32.3 Å². The van der Waals surface area contributed by atoms with Gasteiger partial charge in [0.2, 0.25) is 0 Å². The smallest absolute Gasteiger partial charge is 0.315 e. The van der Waals surface area contributed by atoms with Crippen LogP contribution in [0.3, 0.4) is 0 Å². The van der Waals surface area contributed by atoms with Crippen LogP contribution in [0.15, 0.2) is 24.5 Å². The normalized spacial score (nSPS) is 13.6. The Balaban J connectivity index is 2.31. The van der Waals surface area contributed by atoms with Gasteiger partial charge in [0.15, 0.2) is 0 Å². The fourth-order valence-corrected chi connectivity index (χ4v) is 1.76. The molecule has 0 saturated carbocycles. The molecule has 0 aliphatic heterocycles. The van der Waals surface area contributed by atoms with E-state index in [2.05, 4.69) is 15.6 Å². The Morgan fingerprint density at radius 3 is 2.89 bits per heavy atom. The van der Waals surface area contributed by atoms with Gasteiger partial charge in [0, 0.05) is 31.1 Å². The highest BCUT2D eigenvalue weighted by Gasteiger charge is 2.23. The highest BCUT2D eigenvalue weighted by Crippen LogP contribution is 2.13. The second-order valence-electron chi connectivity index (χ2n) is 4.88. The molecular weight excluding hydrogens is 242 g/mol. The summed E-state index contributed by atoms with van der Waals surface area (Å²) in [5, 5.41) is 14.7. The van der Waals surface area contributed by atoms with E-state index in [0.29, 0.717) is 13.0 Å². The van der Waals surface area contributed by atoms with Crippen LogP contribution in [-0.4, -0.2) is 34.8 Å². The molecule has 1 heterocycles. The third-order valence-electron chi connectivity index (χ3n) is 3.28. The van der Waals surface area contributed by atoms with E-state index in [1.807, 2.05) is 26.0 Å². The van der Waals surface area contributed by atoms with Crippen LogP contribution in [0, 0.1) is 0 Å². The van der Waals surface area contributed by atoms with Crippen molar-refractivity contribution < 1.29 is 9.90 Å². The van der Waals surface area contributed by atoms with Gasteiger partial charge >= 0.3 is 6.03 Å². The number of hydrogen-bond donors (Lipinski definition) is 3. The van der Waals surface area contributed by atoms with Crippen molar-refractivity contribution in [1.29, 1.82) is 0 Å². The predicted octanol–water partition coefficient (Wildman–Crippen LogP) is 1.47. The lowest BCUT2D eigenvalue weighted by Gasteiger charge is -2.29. The third kappa shape index (κ3) is 5.70. The Hall–Kier alpha value is -1.62. The minimum Gasteiger partial charge on any atom is -0.396 e. The summed E-state index contributed by atoms with van der Waals surface area (Å²) in [4.78, 5) is 15.8. The molecular formula is C14H23N3O2. The lowest BCUT2D eigenvalue weighted by Crippen LogP contribution is -2.50. The zero-order valence-electron chi connectivity index (χ0n) is 11.6. The zero-order chi connectivity index (χ0) is 14.1. The zero-order valence-corrected chi connectivity index (χ0v) is 11.6. The molecule has 0 fully saturated rings. The van der Waals surface area contributed by atoms with Crippen LogP contribution in [0.5, 0.6) is 0 Å². The van der Waals surface area contributed by atoms with Gasteiger partial charge in [0.1, 0.15) is 0 Å². The van der Waals surface area contributed by atoms with Gasteiger partial charge in [-0.15, -0.1) is 0 Å². The number of aliphatic hydroxyl groups is 1. The van der Waals surface area contributed by atoms with Crippen molar-refractivity contribution in [3.63, 3.8) is 0 Å². The van der Waals surface area contributed by atoms with Gasteiger partial charge in [-0.25, -0.2) is 4.79 Å². The third-order valence-corrected chi connectivity index (χ3v) is 3.28. The number of urea groups is 1. The molecule has 3 N–H and O–H groups in total. The standard InChI is InChI=1S/C14H23N3O2/c1-3-14(2,7-10-18)17-13(19)16-9-6-12-5-4-8-15-11-12/h4-5,8,11,18H,3,6-7,9-10H2,1-2H3,(H2,16,17,19). The Labute approximate surface area is 114 Å². The molecule has 1 aromatic heterocycles. The van der Waals surface area contributed by atoms with Crippen LogP contribution in [0.4, 0.5) is 4.79 Å². The highest BCUT2D eigenvalue weighted by atomic mass is 16.3. The summed E-state index contributed by atoms with van der Waals surface area (Å²) in [6, 6.07) is 3.67. The number of carbonyl (C=O) groups excluding carboxylic acids is 1. The van der Waals surface area contributed by atoms with Crippen molar-refractivity contribution in [2.75, 3.05) is 13.2 Å². The van der Waals surface area contributed by atoms with Crippen LogP contribution in [0.25, 0.3) is 0 Å². The van der Waals surface area contributed by atoms with E-state index >= 15 is 0 Å². The molecule has 0 aromatic carbocycles. The van der Waals surface area contributed by atoms with Gasteiger partial charge in [0.05, 0.1) is 0 Å². The fraction of sp³-hybridized carbons (Fsp3) is 0.571. The largest absolute Gasteiger partial charge is 0.396 e. The average Bonchev–Trinajstić information content (AvgIpc) is 2.40. The van der Waals surface area contributed by atoms with Crippen molar-refractivity contribution in [3.8, 4) is 0 Å².